The number of nitrogens with one attached hydrogen (secondary N) is 1. The van der Waals surface area contributed by atoms with Gasteiger partial charge in [0.05, 0.1) is 16.0 Å². The number of anilines is 1. The molecule has 0 aromatic heterocycles. The number of amides is 1. The van der Waals surface area contributed by atoms with Gasteiger partial charge in [-0.3, -0.25) is 14.9 Å². The molecular formula is C16H15BrN2O4. The summed E-state index contributed by atoms with van der Waals surface area (Å²) >= 11 is 3.34. The lowest BCUT2D eigenvalue weighted by Crippen LogP contribution is -2.13. The van der Waals surface area contributed by atoms with Crippen molar-refractivity contribution in [1.82, 2.24) is 0 Å². The van der Waals surface area contributed by atoms with Gasteiger partial charge in [-0.25, -0.2) is 0 Å². The lowest BCUT2D eigenvalue weighted by Gasteiger charge is -2.09. The summed E-state index contributed by atoms with van der Waals surface area (Å²) in [5.41, 5.74) is 1.15. The molecule has 0 saturated carbocycles. The number of nitro benzene ring substituents is 1. The summed E-state index contributed by atoms with van der Waals surface area (Å²) < 4.78 is 6.03. The number of nitro groups is 1. The first-order chi connectivity index (χ1) is 10.9. The minimum Gasteiger partial charge on any atom is -0.493 e. The van der Waals surface area contributed by atoms with E-state index in [0.29, 0.717) is 22.4 Å². The second-order valence-corrected chi connectivity index (χ2v) is 5.66. The number of ether oxygens (including phenoxy) is 1. The quantitative estimate of drug-likeness (QED) is 0.620. The Morgan fingerprint density at radius 1 is 1.30 bits per heavy atom. The molecule has 7 heteroatoms. The van der Waals surface area contributed by atoms with Crippen LogP contribution < -0.4 is 10.1 Å². The number of rotatable bonds is 5. The van der Waals surface area contributed by atoms with Crippen molar-refractivity contribution in [3.8, 4) is 5.75 Å². The van der Waals surface area contributed by atoms with Crippen molar-refractivity contribution in [2.75, 3.05) is 11.9 Å². The smallest absolute Gasteiger partial charge is 0.293 e. The van der Waals surface area contributed by atoms with E-state index >= 15 is 0 Å². The van der Waals surface area contributed by atoms with Crippen LogP contribution in [0.15, 0.2) is 40.9 Å². The van der Waals surface area contributed by atoms with Crippen LogP contribution in [-0.4, -0.2) is 17.4 Å². The van der Waals surface area contributed by atoms with Crippen molar-refractivity contribution < 1.29 is 14.5 Å². The molecule has 0 bridgehead atoms. The van der Waals surface area contributed by atoms with Crippen molar-refractivity contribution >= 4 is 33.2 Å². The monoisotopic (exact) mass is 378 g/mol. The van der Waals surface area contributed by atoms with E-state index in [2.05, 4.69) is 21.2 Å². The third-order valence-electron chi connectivity index (χ3n) is 3.09. The summed E-state index contributed by atoms with van der Waals surface area (Å²) in [5.74, 6) is 0.200. The van der Waals surface area contributed by atoms with Gasteiger partial charge >= 0.3 is 0 Å². The summed E-state index contributed by atoms with van der Waals surface area (Å²) in [4.78, 5) is 22.9. The molecule has 0 aliphatic rings. The lowest BCUT2D eigenvalue weighted by atomic mass is 10.1. The molecule has 0 saturated heterocycles. The normalized spacial score (nSPS) is 10.2. The predicted octanol–water partition coefficient (Wildman–Crippen LogP) is 4.32. The molecule has 0 aliphatic carbocycles. The van der Waals surface area contributed by atoms with Gasteiger partial charge in [0.1, 0.15) is 11.4 Å². The molecule has 0 unspecified atom stereocenters. The van der Waals surface area contributed by atoms with E-state index in [1.807, 2.05) is 6.92 Å². The summed E-state index contributed by atoms with van der Waals surface area (Å²) in [6.07, 6.45) is 0. The third kappa shape index (κ3) is 4.07. The Hall–Kier alpha value is -2.41. The number of hydrogen-bond acceptors (Lipinski definition) is 4. The van der Waals surface area contributed by atoms with Gasteiger partial charge < -0.3 is 10.1 Å². The van der Waals surface area contributed by atoms with Gasteiger partial charge in [-0.2, -0.15) is 0 Å². The number of benzene rings is 2. The minimum atomic E-state index is -0.517. The van der Waals surface area contributed by atoms with Crippen molar-refractivity contribution in [2.45, 2.75) is 13.8 Å². The van der Waals surface area contributed by atoms with Crippen LogP contribution in [0.4, 0.5) is 11.4 Å². The maximum atomic E-state index is 12.3. The topological polar surface area (TPSA) is 81.5 Å². The fraction of sp³-hybridized carbons (Fsp3) is 0.188. The van der Waals surface area contributed by atoms with Crippen LogP contribution >= 0.6 is 15.9 Å². The minimum absolute atomic E-state index is 0.136. The molecule has 2 aromatic rings. The zero-order chi connectivity index (χ0) is 17.0. The lowest BCUT2D eigenvalue weighted by molar-refractivity contribution is -0.384. The van der Waals surface area contributed by atoms with E-state index in [1.165, 1.54) is 12.1 Å². The number of hydrogen-bond donors (Lipinski definition) is 1. The molecule has 1 amide bonds. The molecule has 0 heterocycles. The maximum Gasteiger partial charge on any atom is 0.293 e. The summed E-state index contributed by atoms with van der Waals surface area (Å²) in [6, 6.07) is 9.53. The van der Waals surface area contributed by atoms with Crippen LogP contribution in [0.25, 0.3) is 0 Å². The first-order valence-corrected chi connectivity index (χ1v) is 7.70. The number of aryl methyl sites for hydroxylation is 1. The average molecular weight is 379 g/mol. The molecule has 0 radical (unpaired) electrons. The molecule has 2 aromatic carbocycles. The first-order valence-electron chi connectivity index (χ1n) is 6.91. The van der Waals surface area contributed by atoms with Gasteiger partial charge in [0.15, 0.2) is 0 Å². The van der Waals surface area contributed by atoms with Crippen LogP contribution in [0, 0.1) is 17.0 Å². The zero-order valence-electron chi connectivity index (χ0n) is 12.6. The highest BCUT2D eigenvalue weighted by atomic mass is 79.9. The fourth-order valence-electron chi connectivity index (χ4n) is 2.01. The Morgan fingerprint density at radius 2 is 2.04 bits per heavy atom. The first kappa shape index (κ1) is 17.0. The van der Waals surface area contributed by atoms with Gasteiger partial charge in [0.2, 0.25) is 0 Å². The molecule has 23 heavy (non-hydrogen) atoms. The van der Waals surface area contributed by atoms with Crippen molar-refractivity contribution in [2.24, 2.45) is 0 Å². The van der Waals surface area contributed by atoms with E-state index in [4.69, 9.17) is 4.74 Å². The van der Waals surface area contributed by atoms with Crippen LogP contribution in [-0.2, 0) is 0 Å². The van der Waals surface area contributed by atoms with E-state index in [9.17, 15) is 14.9 Å². The predicted molar refractivity (Wildman–Crippen MR) is 91.1 cm³/mol. The molecule has 1 N–H and O–H groups in total. The second-order valence-electron chi connectivity index (χ2n) is 4.81. The van der Waals surface area contributed by atoms with E-state index < -0.39 is 10.8 Å². The Kier molecular flexibility index (Phi) is 5.33. The Bertz CT molecular complexity index is 762. The van der Waals surface area contributed by atoms with Crippen LogP contribution in [0.1, 0.15) is 22.8 Å². The Labute approximate surface area is 141 Å². The third-order valence-corrected chi connectivity index (χ3v) is 3.71. The molecule has 0 spiro atoms. The molecule has 120 valence electrons. The average Bonchev–Trinajstić information content (AvgIpc) is 2.51. The van der Waals surface area contributed by atoms with Crippen LogP contribution in [0.5, 0.6) is 5.75 Å². The molecule has 0 aliphatic heterocycles. The van der Waals surface area contributed by atoms with Gasteiger partial charge in [0, 0.05) is 11.6 Å². The highest BCUT2D eigenvalue weighted by Gasteiger charge is 2.17. The number of carbonyl (C=O) groups excluding carboxylic acids is 1. The molecule has 6 nitrogen and oxygen atoms in total. The highest BCUT2D eigenvalue weighted by molar-refractivity contribution is 9.10. The highest BCUT2D eigenvalue weighted by Crippen LogP contribution is 2.28. The van der Waals surface area contributed by atoms with Crippen molar-refractivity contribution in [1.29, 1.82) is 0 Å². The Morgan fingerprint density at radius 3 is 2.65 bits per heavy atom. The SMILES string of the molecule is CCOc1ccc(C(=O)Nc2ccc(C)cc2[N+](=O)[O-])cc1Br. The fourth-order valence-corrected chi connectivity index (χ4v) is 2.50. The van der Waals surface area contributed by atoms with Crippen molar-refractivity contribution in [3.63, 3.8) is 0 Å². The zero-order valence-corrected chi connectivity index (χ0v) is 14.2. The molecule has 2 rings (SSSR count). The van der Waals surface area contributed by atoms with E-state index in [1.54, 1.807) is 31.2 Å². The van der Waals surface area contributed by atoms with Crippen molar-refractivity contribution in [3.05, 3.63) is 62.1 Å². The largest absolute Gasteiger partial charge is 0.493 e. The summed E-state index contributed by atoms with van der Waals surface area (Å²) in [6.45, 7) is 4.13. The van der Waals surface area contributed by atoms with Gasteiger partial charge in [0.25, 0.3) is 11.6 Å². The van der Waals surface area contributed by atoms with E-state index in [0.717, 1.165) is 5.56 Å². The molecule has 0 fully saturated rings. The van der Waals surface area contributed by atoms with Gasteiger partial charge in [-0.1, -0.05) is 6.07 Å². The Balaban J connectivity index is 2.26. The standard InChI is InChI=1S/C16H15BrN2O4/c1-3-23-15-7-5-11(9-12(15)17)16(20)18-13-6-4-10(2)8-14(13)19(21)22/h4-9H,3H2,1-2H3,(H,18,20). The van der Waals surface area contributed by atoms with E-state index in [-0.39, 0.29) is 11.4 Å². The molecule has 0 atom stereocenters. The number of nitrogens with zero attached hydrogens (tertiary/aromatic N) is 1. The van der Waals surface area contributed by atoms with Crippen LogP contribution in [0.3, 0.4) is 0 Å². The number of carbonyl (C=O) groups is 1. The van der Waals surface area contributed by atoms with Gasteiger partial charge in [-0.15, -0.1) is 0 Å². The van der Waals surface area contributed by atoms with Crippen LogP contribution in [0.2, 0.25) is 0 Å². The summed E-state index contributed by atoms with van der Waals surface area (Å²) in [7, 11) is 0. The summed E-state index contributed by atoms with van der Waals surface area (Å²) in [5, 5.41) is 13.7. The molecular weight excluding hydrogens is 364 g/mol. The second kappa shape index (κ2) is 7.23. The van der Waals surface area contributed by atoms with Gasteiger partial charge in [-0.05, 0) is 59.6 Å². The maximum absolute atomic E-state index is 12.3. The number of halogens is 1.